The topological polar surface area (TPSA) is 338 Å². The number of hydrogen-bond donors (Lipinski definition) is 14. The minimum atomic E-state index is -2.38. The first-order valence-electron chi connectivity index (χ1n) is 25.5. The van der Waals surface area contributed by atoms with E-state index in [-0.39, 0.29) is 0 Å². The zero-order valence-corrected chi connectivity index (χ0v) is 40.8. The van der Waals surface area contributed by atoms with Gasteiger partial charge in [-0.1, -0.05) is 142 Å². The monoisotopic (exact) mass is 986 g/mol. The van der Waals surface area contributed by atoms with Crippen LogP contribution in [0.1, 0.15) is 162 Å². The van der Waals surface area contributed by atoms with E-state index in [4.69, 9.17) is 23.7 Å². The lowest BCUT2D eigenvalue weighted by Gasteiger charge is -2.43. The molecule has 0 aliphatic carbocycles. The predicted molar refractivity (Wildman–Crippen MR) is 249 cm³/mol. The van der Waals surface area contributed by atoms with Crippen LogP contribution in [0.5, 0.6) is 0 Å². The Morgan fingerprint density at radius 3 is 1.28 bits per heavy atom. The van der Waals surface area contributed by atoms with E-state index in [1.807, 2.05) is 0 Å². The van der Waals surface area contributed by atoms with Crippen molar-refractivity contribution in [2.45, 2.75) is 241 Å². The van der Waals surface area contributed by atoms with E-state index in [1.54, 1.807) is 0 Å². The van der Waals surface area contributed by atoms with Gasteiger partial charge in [0.1, 0.15) is 60.5 Å². The first kappa shape index (κ1) is 62.3. The van der Waals surface area contributed by atoms with Crippen molar-refractivity contribution in [3.63, 3.8) is 0 Å². The summed E-state index contributed by atoms with van der Waals surface area (Å²) in [4.78, 5) is 14.7. The molecular weight excluding hydrogens is 895 g/mol. The SMILES string of the molecule is CCCCCCCCCCCCC(CCCCCCCCCCCC)C(=O)NC(CO[C@@H]1OC(CO)[C@@H](O)C(O)C1O)(CO[C@@H]1OC(CO)[C@@H](O)C(O)C1O)CO[C@H](O)/C(O)=C(/O)[C@H](O)CCO. The average Bonchev–Trinajstić information content (AvgIpc) is 3.33. The van der Waals surface area contributed by atoms with Gasteiger partial charge >= 0.3 is 0 Å². The van der Waals surface area contributed by atoms with Crippen molar-refractivity contribution in [2.75, 3.05) is 39.6 Å². The smallest absolute Gasteiger partial charge is 0.223 e. The molecule has 0 radical (unpaired) electrons. The van der Waals surface area contributed by atoms with Crippen LogP contribution in [0.3, 0.4) is 0 Å². The van der Waals surface area contributed by atoms with Crippen LogP contribution >= 0.6 is 0 Å². The second-order valence-corrected chi connectivity index (χ2v) is 18.9. The zero-order valence-electron chi connectivity index (χ0n) is 40.8. The molecule has 0 aromatic rings. The third-order valence-electron chi connectivity index (χ3n) is 13.0. The number of unbranched alkanes of at least 4 members (excludes halogenated alkanes) is 18. The lowest BCUT2D eigenvalue weighted by atomic mass is 9.91. The highest BCUT2D eigenvalue weighted by molar-refractivity contribution is 5.79. The minimum Gasteiger partial charge on any atom is -0.506 e. The summed E-state index contributed by atoms with van der Waals surface area (Å²) in [7, 11) is 0. The Balaban J connectivity index is 2.50. The molecule has 2 heterocycles. The fourth-order valence-electron chi connectivity index (χ4n) is 8.53. The molecule has 0 saturated carbocycles. The molecule has 402 valence electrons. The maximum atomic E-state index is 14.7. The van der Waals surface area contributed by atoms with E-state index in [0.29, 0.717) is 12.8 Å². The lowest BCUT2D eigenvalue weighted by Crippen LogP contribution is -2.64. The van der Waals surface area contributed by atoms with Gasteiger partial charge in [-0.05, 0) is 12.8 Å². The van der Waals surface area contributed by atoms with Crippen LogP contribution in [0.4, 0.5) is 0 Å². The lowest BCUT2D eigenvalue weighted by molar-refractivity contribution is -0.316. The van der Waals surface area contributed by atoms with Gasteiger partial charge in [-0.3, -0.25) is 4.79 Å². The number of ether oxygens (including phenoxy) is 5. The van der Waals surface area contributed by atoms with Crippen LogP contribution in [-0.4, -0.2) is 191 Å². The molecule has 14 N–H and O–H groups in total. The molecule has 20 nitrogen and oxygen atoms in total. The largest absolute Gasteiger partial charge is 0.506 e. The highest BCUT2D eigenvalue weighted by Gasteiger charge is 2.48. The fraction of sp³-hybridized carbons (Fsp3) is 0.938. The van der Waals surface area contributed by atoms with Crippen molar-refractivity contribution in [1.82, 2.24) is 5.32 Å². The molecule has 20 heteroatoms. The van der Waals surface area contributed by atoms with E-state index in [1.165, 1.54) is 64.2 Å². The van der Waals surface area contributed by atoms with E-state index in [9.17, 15) is 71.2 Å². The second kappa shape index (κ2) is 35.3. The quantitative estimate of drug-likeness (QED) is 0.0238. The van der Waals surface area contributed by atoms with Crippen molar-refractivity contribution >= 4 is 5.91 Å². The number of nitrogens with one attached hydrogen (secondary N) is 1. The number of aliphatic hydroxyl groups is 13. The number of rotatable bonds is 39. The fourth-order valence-corrected chi connectivity index (χ4v) is 8.53. The summed E-state index contributed by atoms with van der Waals surface area (Å²) in [5.41, 5.74) is -2.05. The summed E-state index contributed by atoms with van der Waals surface area (Å²) in [5.74, 6) is -3.47. The van der Waals surface area contributed by atoms with Crippen molar-refractivity contribution < 1.29 is 94.9 Å². The van der Waals surface area contributed by atoms with Gasteiger partial charge in [0.25, 0.3) is 0 Å². The standard InChI is InChI=1S/C48H91NO19/c1-3-5-7-9-11-13-15-17-19-21-23-32(24-22-20-18-16-14-12-10-8-6-4-2)44(62)49-48(29-64-45(63)41(59)36(54)33(53)25-26-50,30-65-46-42(60)39(57)37(55)34(27-51)67-46)31-66-47-43(61)40(58)38(56)35(28-52)68-47/h32-35,37-40,42-43,45-47,50-61,63H,3-31H2,1-2H3,(H,49,62)/b41-36-/t33-,34?,35?,37-,38-,39?,40?,42?,43?,45+,46-,47-,48?/m1/s1. The van der Waals surface area contributed by atoms with Crippen molar-refractivity contribution in [3.05, 3.63) is 11.5 Å². The third-order valence-corrected chi connectivity index (χ3v) is 13.0. The molecule has 68 heavy (non-hydrogen) atoms. The Kier molecular flexibility index (Phi) is 32.4. The second-order valence-electron chi connectivity index (χ2n) is 18.9. The van der Waals surface area contributed by atoms with Crippen molar-refractivity contribution in [2.24, 2.45) is 5.92 Å². The Morgan fingerprint density at radius 2 is 0.912 bits per heavy atom. The van der Waals surface area contributed by atoms with Crippen LogP contribution < -0.4 is 5.32 Å². The summed E-state index contributed by atoms with van der Waals surface area (Å²) in [5, 5.41) is 138. The summed E-state index contributed by atoms with van der Waals surface area (Å²) in [6, 6.07) is 0. The molecule has 1 amide bonds. The molecule has 0 aromatic carbocycles. The van der Waals surface area contributed by atoms with Crippen LogP contribution in [0.25, 0.3) is 0 Å². The average molecular weight is 986 g/mol. The molecule has 2 saturated heterocycles. The summed E-state index contributed by atoms with van der Waals surface area (Å²) in [6.45, 7) is -0.232. The van der Waals surface area contributed by atoms with E-state index >= 15 is 0 Å². The van der Waals surface area contributed by atoms with Crippen LogP contribution in [0.15, 0.2) is 11.5 Å². The first-order valence-corrected chi connectivity index (χ1v) is 25.5. The van der Waals surface area contributed by atoms with Gasteiger partial charge in [0.05, 0.1) is 33.0 Å². The highest BCUT2D eigenvalue weighted by Crippen LogP contribution is 2.28. The molecule has 0 aromatic heterocycles. The highest BCUT2D eigenvalue weighted by atomic mass is 16.7. The number of carbonyl (C=O) groups excluding carboxylic acids is 1. The van der Waals surface area contributed by atoms with Crippen molar-refractivity contribution in [3.8, 4) is 0 Å². The molecular formula is C48H91NO19. The molecule has 0 spiro atoms. The number of amides is 1. The summed E-state index contributed by atoms with van der Waals surface area (Å²) in [6.07, 6.45) is 0.708. The molecule has 2 rings (SSSR count). The summed E-state index contributed by atoms with van der Waals surface area (Å²) < 4.78 is 28.6. The van der Waals surface area contributed by atoms with Gasteiger partial charge in [-0.2, -0.15) is 0 Å². The number of aliphatic hydroxyl groups excluding tert-OH is 13. The predicted octanol–water partition coefficient (Wildman–Crippen LogP) is 2.12. The van der Waals surface area contributed by atoms with E-state index in [0.717, 1.165) is 64.2 Å². The Hall–Kier alpha value is -1.83. The Bertz CT molecular complexity index is 1260. The van der Waals surface area contributed by atoms with Crippen LogP contribution in [0.2, 0.25) is 0 Å². The normalized spacial score (nSPS) is 27.7. The number of carbonyl (C=O) groups is 1. The van der Waals surface area contributed by atoms with Gasteiger partial charge in [-0.15, -0.1) is 0 Å². The molecule has 0 bridgehead atoms. The van der Waals surface area contributed by atoms with Gasteiger partial charge in [0.15, 0.2) is 24.1 Å². The van der Waals surface area contributed by atoms with Gasteiger partial charge in [-0.25, -0.2) is 0 Å². The third kappa shape index (κ3) is 21.9. The maximum Gasteiger partial charge on any atom is 0.223 e. The minimum absolute atomic E-state index is 0.415. The van der Waals surface area contributed by atoms with Gasteiger partial charge in [0, 0.05) is 18.9 Å². The zero-order chi connectivity index (χ0) is 50.5. The Morgan fingerprint density at radius 1 is 0.529 bits per heavy atom. The maximum absolute atomic E-state index is 14.7. The van der Waals surface area contributed by atoms with Crippen LogP contribution in [0, 0.1) is 5.92 Å². The Labute approximate surface area is 403 Å². The van der Waals surface area contributed by atoms with Gasteiger partial charge < -0.3 is 95.4 Å². The summed E-state index contributed by atoms with van der Waals surface area (Å²) >= 11 is 0. The number of hydrogen-bond acceptors (Lipinski definition) is 19. The molecule has 2 fully saturated rings. The van der Waals surface area contributed by atoms with Crippen molar-refractivity contribution in [1.29, 1.82) is 0 Å². The molecule has 12 atom stereocenters. The van der Waals surface area contributed by atoms with Gasteiger partial charge in [0.2, 0.25) is 12.2 Å². The molecule has 2 aliphatic rings. The first-order chi connectivity index (χ1) is 32.6. The van der Waals surface area contributed by atoms with E-state index in [2.05, 4.69) is 19.2 Å². The van der Waals surface area contributed by atoms with Crippen LogP contribution in [-0.2, 0) is 28.5 Å². The molecule has 2 aliphatic heterocycles. The van der Waals surface area contributed by atoms with E-state index < -0.39 is 149 Å². The molecule has 6 unspecified atom stereocenters.